The molecular weight excluding hydrogens is 338 g/mol. The van der Waals surface area contributed by atoms with Crippen LogP contribution < -0.4 is 4.74 Å². The first kappa shape index (κ1) is 17.0. The first-order valence-electron chi connectivity index (χ1n) is 8.84. The lowest BCUT2D eigenvalue weighted by Gasteiger charge is -2.08. The molecule has 0 N–H and O–H groups in total. The third-order valence-electron chi connectivity index (χ3n) is 4.60. The average Bonchev–Trinajstić information content (AvgIpc) is 3.17. The van der Waals surface area contributed by atoms with Gasteiger partial charge in [0.15, 0.2) is 5.82 Å². The van der Waals surface area contributed by atoms with E-state index in [4.69, 9.17) is 4.74 Å². The number of hydrogen-bond acceptors (Lipinski definition) is 4. The zero-order valence-corrected chi connectivity index (χ0v) is 15.2. The van der Waals surface area contributed by atoms with Gasteiger partial charge in [-0.15, -0.1) is 5.10 Å². The van der Waals surface area contributed by atoms with Gasteiger partial charge in [0, 0.05) is 11.1 Å². The third-order valence-corrected chi connectivity index (χ3v) is 4.60. The van der Waals surface area contributed by atoms with Crippen LogP contribution in [0.5, 0.6) is 6.01 Å². The topological polar surface area (TPSA) is 57.0 Å². The van der Waals surface area contributed by atoms with Gasteiger partial charge in [-0.05, 0) is 28.8 Å². The molecule has 1 aromatic heterocycles. The average molecular weight is 357 g/mol. The molecule has 3 aromatic carbocycles. The lowest BCUT2D eigenvalue weighted by molar-refractivity contribution is 0.0947. The maximum absolute atomic E-state index is 13.3. The summed E-state index contributed by atoms with van der Waals surface area (Å²) in [6, 6.07) is 21.6. The highest BCUT2D eigenvalue weighted by atomic mass is 16.5. The molecule has 134 valence electrons. The minimum absolute atomic E-state index is 0.165. The third kappa shape index (κ3) is 3.08. The maximum atomic E-state index is 13.3. The van der Waals surface area contributed by atoms with Crippen molar-refractivity contribution in [3.63, 3.8) is 0 Å². The molecule has 1 heterocycles. The molecule has 5 heteroatoms. The molecule has 27 heavy (non-hydrogen) atoms. The van der Waals surface area contributed by atoms with Crippen LogP contribution in [0.4, 0.5) is 0 Å². The van der Waals surface area contributed by atoms with Crippen LogP contribution in [0.1, 0.15) is 22.8 Å². The molecule has 0 aliphatic rings. The minimum atomic E-state index is -0.239. The van der Waals surface area contributed by atoms with Crippen molar-refractivity contribution in [2.75, 3.05) is 7.11 Å². The monoisotopic (exact) mass is 357 g/mol. The number of nitrogens with zero attached hydrogens (tertiary/aromatic N) is 3. The second kappa shape index (κ2) is 7.03. The van der Waals surface area contributed by atoms with Crippen LogP contribution in [-0.2, 0) is 6.42 Å². The number of hydrogen-bond donors (Lipinski definition) is 0. The summed E-state index contributed by atoms with van der Waals surface area (Å²) >= 11 is 0. The number of aromatic nitrogens is 3. The summed E-state index contributed by atoms with van der Waals surface area (Å²) in [5, 5.41) is 6.15. The van der Waals surface area contributed by atoms with Crippen molar-refractivity contribution in [2.45, 2.75) is 13.3 Å². The second-order valence-corrected chi connectivity index (χ2v) is 6.22. The Hall–Kier alpha value is -3.47. The molecule has 0 aliphatic carbocycles. The first-order valence-corrected chi connectivity index (χ1v) is 8.84. The Morgan fingerprint density at radius 3 is 2.48 bits per heavy atom. The van der Waals surface area contributed by atoms with E-state index < -0.39 is 0 Å². The van der Waals surface area contributed by atoms with Crippen LogP contribution in [-0.4, -0.2) is 27.8 Å². The van der Waals surface area contributed by atoms with E-state index in [-0.39, 0.29) is 11.9 Å². The Morgan fingerprint density at radius 1 is 1.00 bits per heavy atom. The maximum Gasteiger partial charge on any atom is 0.336 e. The van der Waals surface area contributed by atoms with Gasteiger partial charge in [0.05, 0.1) is 7.11 Å². The number of carbonyl (C=O) groups is 1. The molecule has 0 fully saturated rings. The number of methoxy groups -OCH3 is 1. The molecule has 0 saturated heterocycles. The van der Waals surface area contributed by atoms with Gasteiger partial charge < -0.3 is 4.74 Å². The Balaban J connectivity index is 1.85. The predicted octanol–water partition coefficient (Wildman–Crippen LogP) is 4.36. The number of ether oxygens (including phenoxy) is 1. The van der Waals surface area contributed by atoms with Crippen LogP contribution in [0, 0.1) is 0 Å². The van der Waals surface area contributed by atoms with E-state index in [1.54, 1.807) is 0 Å². The van der Waals surface area contributed by atoms with Crippen molar-refractivity contribution in [3.05, 3.63) is 77.9 Å². The fraction of sp³-hybridized carbons (Fsp3) is 0.136. The fourth-order valence-corrected chi connectivity index (χ4v) is 3.12. The van der Waals surface area contributed by atoms with Gasteiger partial charge in [-0.3, -0.25) is 4.79 Å². The number of fused-ring (bicyclic) bond motifs is 1. The molecule has 4 aromatic rings. The van der Waals surface area contributed by atoms with Crippen LogP contribution in [0.15, 0.2) is 66.7 Å². The summed E-state index contributed by atoms with van der Waals surface area (Å²) in [7, 11) is 1.49. The van der Waals surface area contributed by atoms with Gasteiger partial charge in [0.1, 0.15) is 0 Å². The van der Waals surface area contributed by atoms with Crippen molar-refractivity contribution in [1.29, 1.82) is 0 Å². The summed E-state index contributed by atoms with van der Waals surface area (Å²) in [5.74, 6) is 0.226. The summed E-state index contributed by atoms with van der Waals surface area (Å²) in [5.41, 5.74) is 2.61. The van der Waals surface area contributed by atoms with E-state index in [9.17, 15) is 4.79 Å². The van der Waals surface area contributed by atoms with Crippen molar-refractivity contribution < 1.29 is 9.53 Å². The van der Waals surface area contributed by atoms with E-state index in [1.165, 1.54) is 17.4 Å². The van der Waals surface area contributed by atoms with Crippen molar-refractivity contribution in [3.8, 4) is 17.4 Å². The summed E-state index contributed by atoms with van der Waals surface area (Å²) in [4.78, 5) is 17.7. The van der Waals surface area contributed by atoms with E-state index in [0.717, 1.165) is 22.8 Å². The molecule has 0 amide bonds. The van der Waals surface area contributed by atoms with Crippen LogP contribution in [0.3, 0.4) is 0 Å². The van der Waals surface area contributed by atoms with E-state index in [2.05, 4.69) is 17.0 Å². The molecule has 0 unspecified atom stereocenters. The summed E-state index contributed by atoms with van der Waals surface area (Å²) in [6.07, 6.45) is 0.950. The first-order chi connectivity index (χ1) is 13.2. The number of carbonyl (C=O) groups excluding carboxylic acids is 1. The minimum Gasteiger partial charge on any atom is -0.466 e. The molecule has 0 aliphatic heterocycles. The zero-order valence-electron chi connectivity index (χ0n) is 15.2. The van der Waals surface area contributed by atoms with Gasteiger partial charge >= 0.3 is 6.01 Å². The number of aryl methyl sites for hydroxylation is 1. The van der Waals surface area contributed by atoms with Gasteiger partial charge in [-0.2, -0.15) is 9.67 Å². The summed E-state index contributed by atoms with van der Waals surface area (Å²) < 4.78 is 6.50. The largest absolute Gasteiger partial charge is 0.466 e. The van der Waals surface area contributed by atoms with Crippen LogP contribution in [0.2, 0.25) is 0 Å². The molecule has 0 atom stereocenters. The quantitative estimate of drug-likeness (QED) is 0.545. The Morgan fingerprint density at radius 2 is 1.74 bits per heavy atom. The normalized spacial score (nSPS) is 10.9. The van der Waals surface area contributed by atoms with Gasteiger partial charge in [0.25, 0.3) is 5.91 Å². The highest BCUT2D eigenvalue weighted by Gasteiger charge is 2.21. The van der Waals surface area contributed by atoms with E-state index >= 15 is 0 Å². The fourth-order valence-electron chi connectivity index (χ4n) is 3.12. The predicted molar refractivity (Wildman–Crippen MR) is 105 cm³/mol. The SMILES string of the molecule is CCc1ccc(-c2nc(OC)nn2C(=O)c2cccc3ccccc23)cc1. The van der Waals surface area contributed by atoms with Gasteiger partial charge in [-0.25, -0.2) is 0 Å². The van der Waals surface area contributed by atoms with Crippen LogP contribution in [0.25, 0.3) is 22.2 Å². The van der Waals surface area contributed by atoms with E-state index in [0.29, 0.717) is 11.4 Å². The molecule has 0 radical (unpaired) electrons. The Kier molecular flexibility index (Phi) is 4.42. The standard InChI is InChI=1S/C22H19N3O2/c1-3-15-11-13-17(14-12-15)20-23-22(27-2)24-25(20)21(26)19-10-6-8-16-7-4-5-9-18(16)19/h4-14H,3H2,1-2H3. The summed E-state index contributed by atoms with van der Waals surface area (Å²) in [6.45, 7) is 2.10. The van der Waals surface area contributed by atoms with Crippen molar-refractivity contribution >= 4 is 16.7 Å². The number of rotatable bonds is 4. The molecule has 5 nitrogen and oxygen atoms in total. The Labute approximate surface area is 157 Å². The molecule has 4 rings (SSSR count). The lowest BCUT2D eigenvalue weighted by atomic mass is 10.0. The van der Waals surface area contributed by atoms with Crippen molar-refractivity contribution in [1.82, 2.24) is 14.8 Å². The smallest absolute Gasteiger partial charge is 0.336 e. The van der Waals surface area contributed by atoms with Gasteiger partial charge in [0.2, 0.25) is 0 Å². The van der Waals surface area contributed by atoms with Crippen LogP contribution >= 0.6 is 0 Å². The molecule has 0 spiro atoms. The second-order valence-electron chi connectivity index (χ2n) is 6.22. The number of benzene rings is 3. The highest BCUT2D eigenvalue weighted by molar-refractivity contribution is 6.08. The highest BCUT2D eigenvalue weighted by Crippen LogP contribution is 2.24. The molecule has 0 saturated carbocycles. The Bertz CT molecular complexity index is 1110. The molecule has 0 bridgehead atoms. The van der Waals surface area contributed by atoms with Gasteiger partial charge in [-0.1, -0.05) is 67.6 Å². The lowest BCUT2D eigenvalue weighted by Crippen LogP contribution is -2.15. The zero-order chi connectivity index (χ0) is 18.8. The van der Waals surface area contributed by atoms with Crippen molar-refractivity contribution in [2.24, 2.45) is 0 Å². The van der Waals surface area contributed by atoms with E-state index in [1.807, 2.05) is 66.7 Å². The molecular formula is C22H19N3O2.